The zero-order valence-corrected chi connectivity index (χ0v) is 9.08. The van der Waals surface area contributed by atoms with Crippen molar-refractivity contribution >= 4 is 5.78 Å². The van der Waals surface area contributed by atoms with Crippen molar-refractivity contribution in [3.8, 4) is 0 Å². The summed E-state index contributed by atoms with van der Waals surface area (Å²) in [5.74, 6) is 0.285. The van der Waals surface area contributed by atoms with E-state index in [0.29, 0.717) is 6.04 Å². The molecule has 0 aromatic heterocycles. The topological polar surface area (TPSA) is 23.6 Å². The maximum Gasteiger partial charge on any atom is 0.148 e. The van der Waals surface area contributed by atoms with Gasteiger partial charge in [0.15, 0.2) is 0 Å². The number of nitrogens with zero attached hydrogens (tertiary/aromatic N) is 2. The number of ketones is 1. The Morgan fingerprint density at radius 1 is 1.38 bits per heavy atom. The second-order valence-corrected chi connectivity index (χ2v) is 4.20. The molecule has 0 bridgehead atoms. The highest BCUT2D eigenvalue weighted by Crippen LogP contribution is 2.11. The van der Waals surface area contributed by atoms with Gasteiger partial charge in [-0.05, 0) is 27.8 Å². The van der Waals surface area contributed by atoms with Crippen molar-refractivity contribution < 1.29 is 4.79 Å². The summed E-state index contributed by atoms with van der Waals surface area (Å²) in [6.45, 7) is 9.03. The van der Waals surface area contributed by atoms with E-state index in [1.165, 1.54) is 0 Å². The highest BCUT2D eigenvalue weighted by Gasteiger charge is 2.28. The Bertz CT molecular complexity index is 191. The van der Waals surface area contributed by atoms with Crippen molar-refractivity contribution in [2.75, 3.05) is 26.7 Å². The summed E-state index contributed by atoms with van der Waals surface area (Å²) >= 11 is 0. The normalized spacial score (nSPS) is 26.7. The summed E-state index contributed by atoms with van der Waals surface area (Å²) in [5, 5.41) is 0. The molecule has 0 aliphatic carbocycles. The van der Waals surface area contributed by atoms with Crippen LogP contribution < -0.4 is 0 Å². The lowest BCUT2D eigenvalue weighted by atomic mass is 10.1. The second kappa shape index (κ2) is 4.20. The monoisotopic (exact) mass is 184 g/mol. The average molecular weight is 184 g/mol. The van der Waals surface area contributed by atoms with Gasteiger partial charge in [0.2, 0.25) is 0 Å². The summed E-state index contributed by atoms with van der Waals surface area (Å²) < 4.78 is 0. The van der Waals surface area contributed by atoms with E-state index in [9.17, 15) is 4.79 Å². The molecule has 1 rings (SSSR count). The fraction of sp³-hybridized carbons (Fsp3) is 0.900. The van der Waals surface area contributed by atoms with Gasteiger partial charge in [-0.25, -0.2) is 0 Å². The molecule has 1 atom stereocenters. The van der Waals surface area contributed by atoms with Gasteiger partial charge >= 0.3 is 0 Å². The molecule has 1 saturated heterocycles. The summed E-state index contributed by atoms with van der Waals surface area (Å²) in [4.78, 5) is 15.8. The van der Waals surface area contributed by atoms with Gasteiger partial charge in [0, 0.05) is 25.7 Å². The lowest BCUT2D eigenvalue weighted by molar-refractivity contribution is -0.124. The Labute approximate surface area is 80.7 Å². The molecule has 13 heavy (non-hydrogen) atoms. The molecule has 76 valence electrons. The van der Waals surface area contributed by atoms with E-state index in [-0.39, 0.29) is 11.8 Å². The highest BCUT2D eigenvalue weighted by atomic mass is 16.1. The molecular weight excluding hydrogens is 164 g/mol. The standard InChI is InChI=1S/C10H20N2O/c1-8(2)12-6-5-11(4)10(7-12)9(3)13/h8,10H,5-7H2,1-4H3/t10-/m0/s1. The molecule has 0 radical (unpaired) electrons. The van der Waals surface area contributed by atoms with Crippen LogP contribution in [0.5, 0.6) is 0 Å². The molecular formula is C10H20N2O. The van der Waals surface area contributed by atoms with Crippen molar-refractivity contribution in [1.82, 2.24) is 9.80 Å². The van der Waals surface area contributed by atoms with Crippen molar-refractivity contribution in [2.24, 2.45) is 0 Å². The number of carbonyl (C=O) groups excluding carboxylic acids is 1. The highest BCUT2D eigenvalue weighted by molar-refractivity contribution is 5.81. The smallest absolute Gasteiger partial charge is 0.148 e. The molecule has 1 aliphatic rings. The Morgan fingerprint density at radius 2 is 2.00 bits per heavy atom. The maximum atomic E-state index is 11.3. The van der Waals surface area contributed by atoms with Crippen molar-refractivity contribution in [1.29, 1.82) is 0 Å². The molecule has 1 aliphatic heterocycles. The Morgan fingerprint density at radius 3 is 2.46 bits per heavy atom. The zero-order chi connectivity index (χ0) is 10.0. The molecule has 1 heterocycles. The molecule has 1 fully saturated rings. The molecule has 3 heteroatoms. The van der Waals surface area contributed by atoms with Crippen molar-refractivity contribution in [2.45, 2.75) is 32.9 Å². The van der Waals surface area contributed by atoms with Crippen LogP contribution in [0.2, 0.25) is 0 Å². The molecule has 0 aromatic carbocycles. The Kier molecular flexibility index (Phi) is 3.45. The first-order chi connectivity index (χ1) is 6.02. The fourth-order valence-electron chi connectivity index (χ4n) is 1.80. The molecule has 3 nitrogen and oxygen atoms in total. The summed E-state index contributed by atoms with van der Waals surface area (Å²) in [6.07, 6.45) is 0. The predicted octanol–water partition coefficient (Wildman–Crippen LogP) is 0.600. The average Bonchev–Trinajstić information content (AvgIpc) is 2.04. The third-order valence-corrected chi connectivity index (χ3v) is 2.88. The van der Waals surface area contributed by atoms with Crippen molar-refractivity contribution in [3.63, 3.8) is 0 Å². The maximum absolute atomic E-state index is 11.3. The first-order valence-corrected chi connectivity index (χ1v) is 4.97. The van der Waals surface area contributed by atoms with Crippen LogP contribution in [0, 0.1) is 0 Å². The van der Waals surface area contributed by atoms with Gasteiger partial charge in [-0.3, -0.25) is 14.6 Å². The summed E-state index contributed by atoms with van der Waals surface area (Å²) in [7, 11) is 2.03. The van der Waals surface area contributed by atoms with Crippen LogP contribution in [0.1, 0.15) is 20.8 Å². The van der Waals surface area contributed by atoms with Crippen molar-refractivity contribution in [3.05, 3.63) is 0 Å². The lowest BCUT2D eigenvalue weighted by Gasteiger charge is -2.40. The number of hydrogen-bond donors (Lipinski definition) is 0. The lowest BCUT2D eigenvalue weighted by Crippen LogP contribution is -2.55. The van der Waals surface area contributed by atoms with E-state index in [4.69, 9.17) is 0 Å². The molecule has 0 aromatic rings. The minimum atomic E-state index is 0.108. The first kappa shape index (κ1) is 10.7. The third-order valence-electron chi connectivity index (χ3n) is 2.88. The van der Waals surface area contributed by atoms with Crippen LogP contribution in [-0.2, 0) is 4.79 Å². The quantitative estimate of drug-likeness (QED) is 0.628. The largest absolute Gasteiger partial charge is 0.298 e. The predicted molar refractivity (Wildman–Crippen MR) is 53.8 cm³/mol. The molecule has 0 saturated carbocycles. The second-order valence-electron chi connectivity index (χ2n) is 4.20. The van der Waals surface area contributed by atoms with Crippen LogP contribution in [0.4, 0.5) is 0 Å². The third kappa shape index (κ3) is 2.51. The molecule has 0 amide bonds. The Balaban J connectivity index is 2.58. The van der Waals surface area contributed by atoms with Gasteiger partial charge in [-0.2, -0.15) is 0 Å². The fourth-order valence-corrected chi connectivity index (χ4v) is 1.80. The van der Waals surface area contributed by atoms with Crippen LogP contribution in [0.3, 0.4) is 0 Å². The van der Waals surface area contributed by atoms with Crippen LogP contribution in [0.25, 0.3) is 0 Å². The molecule has 0 spiro atoms. The van der Waals surface area contributed by atoms with Gasteiger partial charge < -0.3 is 0 Å². The SMILES string of the molecule is CC(=O)[C@@H]1CN(C(C)C)CCN1C. The van der Waals surface area contributed by atoms with E-state index < -0.39 is 0 Å². The molecule has 0 N–H and O–H groups in total. The van der Waals surface area contributed by atoms with Gasteiger partial charge in [-0.1, -0.05) is 0 Å². The van der Waals surface area contributed by atoms with E-state index in [0.717, 1.165) is 19.6 Å². The number of hydrogen-bond acceptors (Lipinski definition) is 3. The number of rotatable bonds is 2. The van der Waals surface area contributed by atoms with Gasteiger partial charge in [0.1, 0.15) is 5.78 Å². The van der Waals surface area contributed by atoms with Gasteiger partial charge in [-0.15, -0.1) is 0 Å². The van der Waals surface area contributed by atoms with E-state index in [1.807, 2.05) is 7.05 Å². The zero-order valence-electron chi connectivity index (χ0n) is 9.08. The van der Waals surface area contributed by atoms with E-state index >= 15 is 0 Å². The van der Waals surface area contributed by atoms with Crippen LogP contribution in [-0.4, -0.2) is 54.3 Å². The minimum absolute atomic E-state index is 0.108. The minimum Gasteiger partial charge on any atom is -0.298 e. The first-order valence-electron chi connectivity index (χ1n) is 4.97. The summed E-state index contributed by atoms with van der Waals surface area (Å²) in [5.41, 5.74) is 0. The van der Waals surface area contributed by atoms with E-state index in [1.54, 1.807) is 6.92 Å². The van der Waals surface area contributed by atoms with Gasteiger partial charge in [0.25, 0.3) is 0 Å². The Hall–Kier alpha value is -0.410. The number of piperazine rings is 1. The van der Waals surface area contributed by atoms with Crippen LogP contribution >= 0.6 is 0 Å². The molecule has 0 unspecified atom stereocenters. The number of carbonyl (C=O) groups is 1. The van der Waals surface area contributed by atoms with Crippen LogP contribution in [0.15, 0.2) is 0 Å². The number of Topliss-reactive ketones (excluding diaryl/α,β-unsaturated/α-hetero) is 1. The van der Waals surface area contributed by atoms with E-state index in [2.05, 4.69) is 23.6 Å². The summed E-state index contributed by atoms with van der Waals surface area (Å²) in [6, 6.07) is 0.659. The number of likely N-dealkylation sites (N-methyl/N-ethyl adjacent to an activating group) is 1. The van der Waals surface area contributed by atoms with Gasteiger partial charge in [0.05, 0.1) is 6.04 Å².